The smallest absolute Gasteiger partial charge is 0.273 e. The third-order valence-electron chi connectivity index (χ3n) is 6.58. The second kappa shape index (κ2) is 14.6. The normalized spacial score (nSPS) is 14.7. The van der Waals surface area contributed by atoms with Crippen molar-refractivity contribution >= 4 is 29.8 Å². The highest BCUT2D eigenvalue weighted by Gasteiger charge is 2.32. The van der Waals surface area contributed by atoms with Gasteiger partial charge in [-0.25, -0.2) is 0 Å². The van der Waals surface area contributed by atoms with E-state index in [0.29, 0.717) is 35.9 Å². The van der Waals surface area contributed by atoms with Crippen molar-refractivity contribution in [1.29, 1.82) is 0 Å². The SMILES string of the molecule is CC(C)NCCCCOc1ccccc1C(=O)NN1c2ccccc2CCCC1C(=O)c1ccccc1.Cl. The number of rotatable bonds is 11. The summed E-state index contributed by atoms with van der Waals surface area (Å²) in [5.74, 6) is 0.252. The Hall–Kier alpha value is -3.35. The molecule has 202 valence electrons. The van der Waals surface area contributed by atoms with Crippen LogP contribution < -0.4 is 20.5 Å². The molecular formula is C31H38ClN3O3. The van der Waals surface area contributed by atoms with Gasteiger partial charge in [0.1, 0.15) is 11.8 Å². The number of hydrazine groups is 1. The molecule has 1 heterocycles. The first kappa shape index (κ1) is 29.2. The zero-order valence-corrected chi connectivity index (χ0v) is 23.0. The Bertz CT molecular complexity index is 1190. The van der Waals surface area contributed by atoms with E-state index in [1.165, 1.54) is 0 Å². The summed E-state index contributed by atoms with van der Waals surface area (Å²) in [6, 6.07) is 24.5. The van der Waals surface area contributed by atoms with Crippen LogP contribution in [0.1, 0.15) is 65.8 Å². The summed E-state index contributed by atoms with van der Waals surface area (Å²) in [5.41, 5.74) is 6.15. The minimum atomic E-state index is -0.503. The lowest BCUT2D eigenvalue weighted by Gasteiger charge is -2.32. The number of unbranched alkanes of at least 4 members (excludes halogenated alkanes) is 1. The largest absolute Gasteiger partial charge is 0.493 e. The molecule has 1 atom stereocenters. The number of carbonyl (C=O) groups excluding carboxylic acids is 2. The zero-order valence-electron chi connectivity index (χ0n) is 22.2. The topological polar surface area (TPSA) is 70.7 Å². The minimum absolute atomic E-state index is 0. The standard InChI is InChI=1S/C31H37N3O3.ClH/c1-23(2)32-21-10-11-22-37-29-20-9-7-17-26(29)31(36)33-34-27-18-8-6-13-24(27)16-12-19-28(34)30(35)25-14-4-3-5-15-25;/h3-9,13-15,17-18,20,23,28,32H,10-12,16,19,21-22H2,1-2H3,(H,33,36);1H. The number of benzene rings is 3. The van der Waals surface area contributed by atoms with Crippen LogP contribution in [0.5, 0.6) is 5.75 Å². The number of ketones is 1. The van der Waals surface area contributed by atoms with Crippen molar-refractivity contribution in [2.24, 2.45) is 0 Å². The number of hydrogen-bond acceptors (Lipinski definition) is 5. The van der Waals surface area contributed by atoms with Gasteiger partial charge in [-0.05, 0) is 62.4 Å². The molecule has 3 aromatic rings. The first-order valence-corrected chi connectivity index (χ1v) is 13.3. The van der Waals surface area contributed by atoms with Crippen LogP contribution in [0.15, 0.2) is 78.9 Å². The van der Waals surface area contributed by atoms with Gasteiger partial charge in [-0.3, -0.25) is 20.0 Å². The molecule has 1 unspecified atom stereocenters. The fourth-order valence-electron chi connectivity index (χ4n) is 4.67. The Kier molecular flexibility index (Phi) is 11.2. The maximum atomic E-state index is 13.6. The van der Waals surface area contributed by atoms with Gasteiger partial charge in [0.2, 0.25) is 0 Å². The quantitative estimate of drug-likeness (QED) is 0.232. The third kappa shape index (κ3) is 7.59. The van der Waals surface area contributed by atoms with E-state index in [1.807, 2.05) is 66.7 Å². The maximum absolute atomic E-state index is 13.6. The van der Waals surface area contributed by atoms with E-state index in [-0.39, 0.29) is 24.1 Å². The van der Waals surface area contributed by atoms with Gasteiger partial charge in [0.15, 0.2) is 5.78 Å². The lowest BCUT2D eigenvalue weighted by molar-refractivity contribution is 0.0909. The number of carbonyl (C=O) groups is 2. The molecule has 1 aliphatic heterocycles. The number of Topliss-reactive ketones (excluding diaryl/α,β-unsaturated/α-hetero) is 1. The lowest BCUT2D eigenvalue weighted by atomic mass is 9.99. The van der Waals surface area contributed by atoms with Crippen LogP contribution in [0, 0.1) is 0 Å². The molecule has 0 aliphatic carbocycles. The second-order valence-electron chi connectivity index (χ2n) is 9.74. The average Bonchev–Trinajstić information content (AvgIpc) is 3.10. The van der Waals surface area contributed by atoms with Crippen molar-refractivity contribution in [3.63, 3.8) is 0 Å². The van der Waals surface area contributed by atoms with Gasteiger partial charge in [0, 0.05) is 11.6 Å². The number of amides is 1. The Morgan fingerprint density at radius 2 is 1.66 bits per heavy atom. The summed E-state index contributed by atoms with van der Waals surface area (Å²) in [5, 5.41) is 5.18. The fraction of sp³-hybridized carbons (Fsp3) is 0.355. The molecule has 6 nitrogen and oxygen atoms in total. The Labute approximate surface area is 232 Å². The molecular weight excluding hydrogens is 498 g/mol. The summed E-state index contributed by atoms with van der Waals surface area (Å²) in [7, 11) is 0. The third-order valence-corrected chi connectivity index (χ3v) is 6.58. The van der Waals surface area contributed by atoms with Gasteiger partial charge in [-0.15, -0.1) is 12.4 Å². The van der Waals surface area contributed by atoms with Gasteiger partial charge in [-0.1, -0.05) is 74.5 Å². The molecule has 4 rings (SSSR count). The van der Waals surface area contributed by atoms with Crippen molar-refractivity contribution in [1.82, 2.24) is 10.7 Å². The summed E-state index contributed by atoms with van der Waals surface area (Å²) in [6.07, 6.45) is 4.25. The Morgan fingerprint density at radius 1 is 0.947 bits per heavy atom. The number of nitrogens with one attached hydrogen (secondary N) is 2. The second-order valence-corrected chi connectivity index (χ2v) is 9.74. The number of fused-ring (bicyclic) bond motifs is 1. The van der Waals surface area contributed by atoms with E-state index < -0.39 is 6.04 Å². The molecule has 0 aromatic heterocycles. The monoisotopic (exact) mass is 535 g/mol. The fourth-order valence-corrected chi connectivity index (χ4v) is 4.67. The Morgan fingerprint density at radius 3 is 2.45 bits per heavy atom. The van der Waals surface area contributed by atoms with Gasteiger partial charge >= 0.3 is 0 Å². The minimum Gasteiger partial charge on any atom is -0.493 e. The molecule has 2 N–H and O–H groups in total. The lowest BCUT2D eigenvalue weighted by Crippen LogP contribution is -2.52. The summed E-state index contributed by atoms with van der Waals surface area (Å²) in [6.45, 7) is 5.73. The number of ether oxygens (including phenoxy) is 1. The first-order chi connectivity index (χ1) is 18.0. The molecule has 0 radical (unpaired) electrons. The van der Waals surface area contributed by atoms with Crippen LogP contribution in [0.25, 0.3) is 0 Å². The Balaban J connectivity index is 0.00000400. The predicted octanol–water partition coefficient (Wildman–Crippen LogP) is 6.00. The van der Waals surface area contributed by atoms with Gasteiger partial charge in [0.05, 0.1) is 17.9 Å². The van der Waals surface area contributed by atoms with Crippen LogP contribution in [0.4, 0.5) is 5.69 Å². The predicted molar refractivity (Wildman–Crippen MR) is 155 cm³/mol. The molecule has 0 spiro atoms. The van der Waals surface area contributed by atoms with E-state index in [9.17, 15) is 9.59 Å². The molecule has 0 saturated carbocycles. The van der Waals surface area contributed by atoms with Crippen LogP contribution in [0.2, 0.25) is 0 Å². The summed E-state index contributed by atoms with van der Waals surface area (Å²) < 4.78 is 6.02. The van der Waals surface area contributed by atoms with Gasteiger partial charge in [0.25, 0.3) is 5.91 Å². The molecule has 3 aromatic carbocycles. The average molecular weight is 536 g/mol. The van der Waals surface area contributed by atoms with Crippen molar-refractivity contribution in [2.45, 2.75) is 58.0 Å². The molecule has 0 bridgehead atoms. The molecule has 1 aliphatic rings. The zero-order chi connectivity index (χ0) is 26.0. The van der Waals surface area contributed by atoms with E-state index >= 15 is 0 Å². The number of anilines is 1. The number of halogens is 1. The highest BCUT2D eigenvalue weighted by molar-refractivity contribution is 6.04. The van der Waals surface area contributed by atoms with Crippen LogP contribution in [-0.2, 0) is 6.42 Å². The van der Waals surface area contributed by atoms with Gasteiger partial charge in [-0.2, -0.15) is 0 Å². The number of nitrogens with zero attached hydrogens (tertiary/aromatic N) is 1. The van der Waals surface area contributed by atoms with E-state index in [2.05, 4.69) is 30.7 Å². The van der Waals surface area contributed by atoms with Crippen molar-refractivity contribution in [3.8, 4) is 5.75 Å². The molecule has 0 saturated heterocycles. The molecule has 7 heteroatoms. The number of hydrogen-bond donors (Lipinski definition) is 2. The summed E-state index contributed by atoms with van der Waals surface area (Å²) >= 11 is 0. The number of aryl methyl sites for hydroxylation is 1. The summed E-state index contributed by atoms with van der Waals surface area (Å²) in [4.78, 5) is 27.2. The van der Waals surface area contributed by atoms with Crippen LogP contribution >= 0.6 is 12.4 Å². The van der Waals surface area contributed by atoms with Gasteiger partial charge < -0.3 is 10.1 Å². The highest BCUT2D eigenvalue weighted by atomic mass is 35.5. The molecule has 1 amide bonds. The van der Waals surface area contributed by atoms with Crippen molar-refractivity contribution in [2.75, 3.05) is 18.2 Å². The van der Waals surface area contributed by atoms with E-state index in [4.69, 9.17) is 4.74 Å². The van der Waals surface area contributed by atoms with Crippen molar-refractivity contribution < 1.29 is 14.3 Å². The van der Waals surface area contributed by atoms with E-state index in [0.717, 1.165) is 43.5 Å². The first-order valence-electron chi connectivity index (χ1n) is 13.3. The molecule has 38 heavy (non-hydrogen) atoms. The van der Waals surface area contributed by atoms with E-state index in [1.54, 1.807) is 11.1 Å². The van der Waals surface area contributed by atoms with Crippen LogP contribution in [-0.4, -0.2) is 36.9 Å². The molecule has 0 fully saturated rings. The van der Waals surface area contributed by atoms with Crippen molar-refractivity contribution in [3.05, 3.63) is 95.6 Å². The van der Waals surface area contributed by atoms with Crippen LogP contribution in [0.3, 0.4) is 0 Å². The number of para-hydroxylation sites is 2. The maximum Gasteiger partial charge on any atom is 0.273 e. The highest BCUT2D eigenvalue weighted by Crippen LogP contribution is 2.30.